The van der Waals surface area contributed by atoms with Gasteiger partial charge in [-0.25, -0.2) is 0 Å². The van der Waals surface area contributed by atoms with Crippen LogP contribution in [0.25, 0.3) is 16.6 Å². The molecule has 0 aliphatic heterocycles. The summed E-state index contributed by atoms with van der Waals surface area (Å²) in [5.74, 6) is 1.86. The highest BCUT2D eigenvalue weighted by Crippen LogP contribution is 2.68. The maximum absolute atomic E-state index is 11.8. The Morgan fingerprint density at radius 3 is 2.35 bits per heavy atom. The first kappa shape index (κ1) is 14.2. The normalized spacial score (nSPS) is 27.6. The van der Waals surface area contributed by atoms with Crippen molar-refractivity contribution in [2.45, 2.75) is 25.2 Å². The lowest BCUT2D eigenvalue weighted by Crippen LogP contribution is -2.18. The third kappa shape index (κ3) is 1.59. The molecule has 0 unspecified atom stereocenters. The summed E-state index contributed by atoms with van der Waals surface area (Å²) in [7, 11) is 0. The Morgan fingerprint density at radius 1 is 1.04 bits per heavy atom. The van der Waals surface area contributed by atoms with E-state index in [-0.39, 0.29) is 29.2 Å². The summed E-state index contributed by atoms with van der Waals surface area (Å²) >= 11 is 0. The number of aromatic hydroxyl groups is 2. The number of rotatable bonds is 1. The Balaban J connectivity index is 1.60. The largest absolute Gasteiger partial charge is 0.494 e. The molecule has 130 valence electrons. The number of fused-ring (bicyclic) bond motifs is 1. The van der Waals surface area contributed by atoms with E-state index in [1.807, 2.05) is 25.1 Å². The molecule has 0 radical (unpaired) electrons. The van der Waals surface area contributed by atoms with E-state index in [0.717, 1.165) is 22.1 Å². The minimum atomic E-state index is -0.158. The van der Waals surface area contributed by atoms with E-state index in [1.54, 1.807) is 6.07 Å². The van der Waals surface area contributed by atoms with Gasteiger partial charge in [-0.15, -0.1) is 0 Å². The predicted molar refractivity (Wildman–Crippen MR) is 98.2 cm³/mol. The lowest BCUT2D eigenvalue weighted by atomic mass is 9.73. The van der Waals surface area contributed by atoms with E-state index in [1.165, 1.54) is 11.0 Å². The summed E-state index contributed by atoms with van der Waals surface area (Å²) < 4.78 is 1.52. The molecule has 3 N–H and O–H groups in total. The summed E-state index contributed by atoms with van der Waals surface area (Å²) in [5, 5.41) is 22.8. The van der Waals surface area contributed by atoms with Crippen LogP contribution in [0, 0.1) is 18.8 Å². The molecule has 5 nitrogen and oxygen atoms in total. The monoisotopic (exact) mass is 346 g/mol. The summed E-state index contributed by atoms with van der Waals surface area (Å²) in [6, 6.07) is 7.17. The lowest BCUT2D eigenvalue weighted by molar-refractivity contribution is 0.398. The molecule has 1 saturated carbocycles. The standard InChI is InChI=1S/C21H18N2O3/c1-9-6-17(24)22-16-7-10(2-3-11(9)16)23-20(25)18-12-4-5-13(15-8-14(12)15)19(18)21(23)26/h2-7,12-15,25-26H,8H2,1H3,(H,22,24)/t12-,13+,14+,15-. The zero-order valence-electron chi connectivity index (χ0n) is 14.2. The van der Waals surface area contributed by atoms with E-state index in [9.17, 15) is 15.0 Å². The second-order valence-corrected chi connectivity index (χ2v) is 7.86. The summed E-state index contributed by atoms with van der Waals surface area (Å²) in [6.45, 7) is 1.90. The number of aryl methyl sites for hydroxylation is 1. The number of aromatic nitrogens is 2. The molecule has 3 aromatic rings. The summed E-state index contributed by atoms with van der Waals surface area (Å²) in [4.78, 5) is 14.7. The summed E-state index contributed by atoms with van der Waals surface area (Å²) in [5.41, 5.74) is 3.85. The van der Waals surface area contributed by atoms with Crippen LogP contribution in [0.3, 0.4) is 0 Å². The molecule has 2 heterocycles. The molecule has 0 amide bonds. The Morgan fingerprint density at radius 2 is 1.69 bits per heavy atom. The van der Waals surface area contributed by atoms with Gasteiger partial charge >= 0.3 is 0 Å². The zero-order valence-corrected chi connectivity index (χ0v) is 14.2. The van der Waals surface area contributed by atoms with Gasteiger partial charge in [0.25, 0.3) is 0 Å². The van der Waals surface area contributed by atoms with E-state index < -0.39 is 0 Å². The number of nitrogens with zero attached hydrogens (tertiary/aromatic N) is 1. The fourth-order valence-electron chi connectivity index (χ4n) is 5.25. The molecule has 2 aromatic heterocycles. The first-order valence-electron chi connectivity index (χ1n) is 9.03. The first-order valence-corrected chi connectivity index (χ1v) is 9.03. The Kier molecular flexibility index (Phi) is 2.42. The average molecular weight is 346 g/mol. The number of allylic oxidation sites excluding steroid dienone is 2. The molecule has 4 aliphatic carbocycles. The van der Waals surface area contributed by atoms with Gasteiger partial charge in [0.05, 0.1) is 11.2 Å². The molecule has 0 spiro atoms. The second kappa shape index (κ2) is 4.41. The van der Waals surface area contributed by atoms with Gasteiger partial charge in [0, 0.05) is 34.4 Å². The van der Waals surface area contributed by atoms with Crippen molar-refractivity contribution in [3.63, 3.8) is 0 Å². The van der Waals surface area contributed by atoms with Crippen LogP contribution < -0.4 is 5.56 Å². The van der Waals surface area contributed by atoms with Crippen LogP contribution in [0.2, 0.25) is 0 Å². The fourth-order valence-corrected chi connectivity index (χ4v) is 5.25. The van der Waals surface area contributed by atoms with Crippen molar-refractivity contribution < 1.29 is 10.2 Å². The van der Waals surface area contributed by atoms with Crippen molar-refractivity contribution in [2.24, 2.45) is 11.8 Å². The zero-order chi connectivity index (χ0) is 17.7. The number of pyridine rings is 1. The van der Waals surface area contributed by atoms with Crippen molar-refractivity contribution in [2.75, 3.05) is 0 Å². The minimum absolute atomic E-state index is 0.122. The van der Waals surface area contributed by atoms with Gasteiger partial charge in [0.15, 0.2) is 0 Å². The van der Waals surface area contributed by atoms with Crippen LogP contribution in [0.4, 0.5) is 0 Å². The van der Waals surface area contributed by atoms with Crippen LogP contribution in [0.5, 0.6) is 11.8 Å². The molecule has 26 heavy (non-hydrogen) atoms. The van der Waals surface area contributed by atoms with Gasteiger partial charge < -0.3 is 15.2 Å². The van der Waals surface area contributed by atoms with Gasteiger partial charge in [0.1, 0.15) is 0 Å². The molecule has 1 fully saturated rings. The predicted octanol–water partition coefficient (Wildman–Crippen LogP) is 3.43. The third-order valence-electron chi connectivity index (χ3n) is 6.49. The SMILES string of the molecule is Cc1cc(=O)[nH]c2cc(-n3c(O)c4c(c3O)[C@@H]3C=C[C@H]4[C@H]4C[C@H]43)ccc12. The molecule has 2 bridgehead atoms. The first-order chi connectivity index (χ1) is 12.5. The van der Waals surface area contributed by atoms with Crippen molar-refractivity contribution in [1.29, 1.82) is 0 Å². The topological polar surface area (TPSA) is 78.2 Å². The number of hydrogen-bond donors (Lipinski definition) is 3. The van der Waals surface area contributed by atoms with Crippen molar-refractivity contribution in [3.8, 4) is 17.4 Å². The van der Waals surface area contributed by atoms with Crippen molar-refractivity contribution in [3.05, 3.63) is 63.5 Å². The van der Waals surface area contributed by atoms with Crippen LogP contribution in [-0.4, -0.2) is 19.8 Å². The summed E-state index contributed by atoms with van der Waals surface area (Å²) in [6.07, 6.45) is 5.55. The van der Waals surface area contributed by atoms with Crippen LogP contribution in [0.1, 0.15) is 34.9 Å². The molecule has 5 heteroatoms. The van der Waals surface area contributed by atoms with Gasteiger partial charge in [-0.05, 0) is 42.9 Å². The highest BCUT2D eigenvalue weighted by molar-refractivity contribution is 5.84. The molecular formula is C21H18N2O3. The van der Waals surface area contributed by atoms with E-state index in [2.05, 4.69) is 17.1 Å². The lowest BCUT2D eigenvalue weighted by Gasteiger charge is -2.30. The molecular weight excluding hydrogens is 328 g/mol. The number of nitrogens with one attached hydrogen (secondary N) is 1. The maximum Gasteiger partial charge on any atom is 0.248 e. The Hall–Kier alpha value is -2.95. The third-order valence-corrected chi connectivity index (χ3v) is 6.49. The Bertz CT molecular complexity index is 1160. The van der Waals surface area contributed by atoms with E-state index in [0.29, 0.717) is 23.0 Å². The van der Waals surface area contributed by atoms with Gasteiger partial charge in [-0.1, -0.05) is 18.2 Å². The van der Waals surface area contributed by atoms with Gasteiger partial charge in [-0.3, -0.25) is 9.36 Å². The highest BCUT2D eigenvalue weighted by atomic mass is 16.3. The van der Waals surface area contributed by atoms with Gasteiger partial charge in [-0.2, -0.15) is 0 Å². The highest BCUT2D eigenvalue weighted by Gasteiger charge is 2.57. The number of benzene rings is 1. The van der Waals surface area contributed by atoms with Crippen LogP contribution in [-0.2, 0) is 0 Å². The van der Waals surface area contributed by atoms with Gasteiger partial charge in [0.2, 0.25) is 17.3 Å². The quantitative estimate of drug-likeness (QED) is 0.591. The second-order valence-electron chi connectivity index (χ2n) is 7.86. The number of H-pyrrole nitrogens is 1. The van der Waals surface area contributed by atoms with Crippen LogP contribution >= 0.6 is 0 Å². The molecule has 0 saturated heterocycles. The Labute approximate surface area is 149 Å². The fraction of sp³-hybridized carbons (Fsp3) is 0.286. The molecule has 1 aromatic carbocycles. The average Bonchev–Trinajstić information content (AvgIpc) is 3.38. The van der Waals surface area contributed by atoms with E-state index in [4.69, 9.17) is 0 Å². The van der Waals surface area contributed by atoms with Crippen molar-refractivity contribution >= 4 is 10.9 Å². The molecule has 4 aliphatic rings. The molecule has 4 atom stereocenters. The number of hydrogen-bond acceptors (Lipinski definition) is 3. The minimum Gasteiger partial charge on any atom is -0.494 e. The smallest absolute Gasteiger partial charge is 0.248 e. The van der Waals surface area contributed by atoms with E-state index >= 15 is 0 Å². The number of aromatic amines is 1. The van der Waals surface area contributed by atoms with Crippen LogP contribution in [0.15, 0.2) is 41.2 Å². The molecule has 7 rings (SSSR count). The maximum atomic E-state index is 11.8. The van der Waals surface area contributed by atoms with Crippen molar-refractivity contribution in [1.82, 2.24) is 9.55 Å².